The summed E-state index contributed by atoms with van der Waals surface area (Å²) in [4.78, 5) is 24.5. The highest BCUT2D eigenvalue weighted by Crippen LogP contribution is 2.20. The largest absolute Gasteiger partial charge is 0.338 e. The minimum absolute atomic E-state index is 0.281. The molecule has 1 aliphatic heterocycles. The molecule has 3 rings (SSSR count). The molecule has 1 saturated heterocycles. The predicted molar refractivity (Wildman–Crippen MR) is 90.7 cm³/mol. The quantitative estimate of drug-likeness (QED) is 0.816. The van der Waals surface area contributed by atoms with E-state index in [1.807, 2.05) is 11.9 Å². The van der Waals surface area contributed by atoms with Crippen molar-refractivity contribution in [1.29, 1.82) is 0 Å². The second kappa shape index (κ2) is 7.56. The molecule has 0 spiro atoms. The van der Waals surface area contributed by atoms with Crippen LogP contribution < -0.4 is 15.5 Å². The molecule has 7 nitrogen and oxygen atoms in total. The maximum Gasteiger partial charge on any atom is 0.323 e. The van der Waals surface area contributed by atoms with Gasteiger partial charge >= 0.3 is 6.03 Å². The second-order valence-corrected chi connectivity index (χ2v) is 5.86. The fourth-order valence-corrected chi connectivity index (χ4v) is 2.46. The van der Waals surface area contributed by atoms with E-state index in [0.717, 1.165) is 38.3 Å². The number of anilines is 3. The van der Waals surface area contributed by atoms with Gasteiger partial charge in [-0.15, -0.1) is 0 Å². The summed E-state index contributed by atoms with van der Waals surface area (Å²) in [6.45, 7) is 3.43. The molecule has 26 heavy (non-hydrogen) atoms. The first-order valence-electron chi connectivity index (χ1n) is 7.91. The standard InChI is InChI=1S/C16H17F3N6O/c1-24-4-6-25(7-5-24)15-20-8-10(9-21-15)22-16(26)23-12-3-2-11(17)13(18)14(12)19/h2-3,8-9H,4-7H2,1H3,(H2,22,23,26). The molecule has 2 heterocycles. The number of hydrogen-bond acceptors (Lipinski definition) is 5. The predicted octanol–water partition coefficient (Wildman–Crippen LogP) is 2.29. The third-order valence-corrected chi connectivity index (χ3v) is 3.97. The van der Waals surface area contributed by atoms with E-state index in [2.05, 4.69) is 25.5 Å². The van der Waals surface area contributed by atoms with Gasteiger partial charge in [0.05, 0.1) is 23.8 Å². The van der Waals surface area contributed by atoms with Crippen LogP contribution in [0, 0.1) is 17.5 Å². The molecule has 0 unspecified atom stereocenters. The molecule has 1 aliphatic rings. The van der Waals surface area contributed by atoms with E-state index in [1.165, 1.54) is 12.4 Å². The molecule has 138 valence electrons. The zero-order chi connectivity index (χ0) is 18.7. The average molecular weight is 366 g/mol. The number of likely N-dealkylation sites (N-methyl/N-ethyl adjacent to an activating group) is 1. The van der Waals surface area contributed by atoms with Crippen molar-refractivity contribution in [3.05, 3.63) is 42.0 Å². The summed E-state index contributed by atoms with van der Waals surface area (Å²) in [5.41, 5.74) is -0.195. The van der Waals surface area contributed by atoms with Gasteiger partial charge in [-0.2, -0.15) is 0 Å². The highest BCUT2D eigenvalue weighted by molar-refractivity contribution is 5.99. The normalized spacial score (nSPS) is 15.0. The molecule has 0 bridgehead atoms. The third-order valence-electron chi connectivity index (χ3n) is 3.97. The maximum atomic E-state index is 13.6. The van der Waals surface area contributed by atoms with E-state index in [-0.39, 0.29) is 5.69 Å². The van der Waals surface area contributed by atoms with Gasteiger partial charge in [0.25, 0.3) is 0 Å². The lowest BCUT2D eigenvalue weighted by Gasteiger charge is -2.32. The molecule has 1 aromatic heterocycles. The van der Waals surface area contributed by atoms with Crippen LogP contribution in [0.3, 0.4) is 0 Å². The number of hydrogen-bond donors (Lipinski definition) is 2. The summed E-state index contributed by atoms with van der Waals surface area (Å²) in [6.07, 6.45) is 2.84. The number of benzene rings is 1. The fourth-order valence-electron chi connectivity index (χ4n) is 2.46. The summed E-state index contributed by atoms with van der Waals surface area (Å²) in [5, 5.41) is 4.51. The number of halogens is 3. The number of carbonyl (C=O) groups is 1. The molecule has 0 atom stereocenters. The number of rotatable bonds is 3. The summed E-state index contributed by atoms with van der Waals surface area (Å²) < 4.78 is 39.6. The van der Waals surface area contributed by atoms with Gasteiger partial charge in [0, 0.05) is 26.2 Å². The molecule has 2 amide bonds. The molecule has 0 saturated carbocycles. The molecule has 2 aromatic rings. The summed E-state index contributed by atoms with van der Waals surface area (Å²) in [6, 6.07) is 0.827. The fraction of sp³-hybridized carbons (Fsp3) is 0.312. The SMILES string of the molecule is CN1CCN(c2ncc(NC(=O)Nc3ccc(F)c(F)c3F)cn2)CC1. The van der Waals surface area contributed by atoms with Crippen molar-refractivity contribution in [3.8, 4) is 0 Å². The monoisotopic (exact) mass is 366 g/mol. The molecule has 0 radical (unpaired) electrons. The van der Waals surface area contributed by atoms with Crippen LogP contribution in [0.5, 0.6) is 0 Å². The Morgan fingerprint density at radius 3 is 2.31 bits per heavy atom. The Labute approximate surface area is 147 Å². The zero-order valence-electron chi connectivity index (χ0n) is 14.0. The first-order valence-corrected chi connectivity index (χ1v) is 7.91. The highest BCUT2D eigenvalue weighted by atomic mass is 19.2. The van der Waals surface area contributed by atoms with Gasteiger partial charge in [-0.1, -0.05) is 0 Å². The molecule has 0 aliphatic carbocycles. The number of aromatic nitrogens is 2. The first kappa shape index (κ1) is 17.9. The van der Waals surface area contributed by atoms with Crippen molar-refractivity contribution in [2.45, 2.75) is 0 Å². The lowest BCUT2D eigenvalue weighted by molar-refractivity contribution is 0.262. The van der Waals surface area contributed by atoms with Gasteiger partial charge in [-0.3, -0.25) is 0 Å². The van der Waals surface area contributed by atoms with Crippen molar-refractivity contribution in [3.63, 3.8) is 0 Å². The molecular formula is C16H17F3N6O. The van der Waals surface area contributed by atoms with E-state index in [9.17, 15) is 18.0 Å². The van der Waals surface area contributed by atoms with Crippen LogP contribution in [0.25, 0.3) is 0 Å². The summed E-state index contributed by atoms with van der Waals surface area (Å²) in [5.74, 6) is -3.90. The molecule has 1 aromatic carbocycles. The Morgan fingerprint density at radius 2 is 1.65 bits per heavy atom. The Kier molecular flexibility index (Phi) is 5.21. The van der Waals surface area contributed by atoms with E-state index >= 15 is 0 Å². The smallest absolute Gasteiger partial charge is 0.323 e. The van der Waals surface area contributed by atoms with Crippen LogP contribution in [-0.4, -0.2) is 54.1 Å². The van der Waals surface area contributed by atoms with Crippen LogP contribution in [0.15, 0.2) is 24.5 Å². The number of amides is 2. The van der Waals surface area contributed by atoms with E-state index < -0.39 is 29.2 Å². The van der Waals surface area contributed by atoms with Crippen molar-refractivity contribution in [2.24, 2.45) is 0 Å². The van der Waals surface area contributed by atoms with Crippen LogP contribution in [-0.2, 0) is 0 Å². The van der Waals surface area contributed by atoms with E-state index in [1.54, 1.807) is 0 Å². The number of nitrogens with one attached hydrogen (secondary N) is 2. The van der Waals surface area contributed by atoms with Gasteiger partial charge in [-0.25, -0.2) is 27.9 Å². The Hall–Kier alpha value is -2.88. The average Bonchev–Trinajstić information content (AvgIpc) is 2.64. The minimum Gasteiger partial charge on any atom is -0.338 e. The van der Waals surface area contributed by atoms with E-state index in [0.29, 0.717) is 5.95 Å². The lowest BCUT2D eigenvalue weighted by Crippen LogP contribution is -2.45. The highest BCUT2D eigenvalue weighted by Gasteiger charge is 2.17. The van der Waals surface area contributed by atoms with Crippen LogP contribution >= 0.6 is 0 Å². The van der Waals surface area contributed by atoms with Crippen molar-refractivity contribution >= 4 is 23.4 Å². The van der Waals surface area contributed by atoms with Crippen molar-refractivity contribution < 1.29 is 18.0 Å². The molecule has 10 heteroatoms. The van der Waals surface area contributed by atoms with E-state index in [4.69, 9.17) is 0 Å². The van der Waals surface area contributed by atoms with Gasteiger partial charge in [0.1, 0.15) is 0 Å². The molecule has 1 fully saturated rings. The number of urea groups is 1. The Balaban J connectivity index is 1.60. The minimum atomic E-state index is -1.65. The van der Waals surface area contributed by atoms with Crippen LogP contribution in [0.4, 0.5) is 35.3 Å². The van der Waals surface area contributed by atoms with Crippen molar-refractivity contribution in [1.82, 2.24) is 14.9 Å². The van der Waals surface area contributed by atoms with Crippen LogP contribution in [0.2, 0.25) is 0 Å². The first-order chi connectivity index (χ1) is 12.4. The van der Waals surface area contributed by atoms with Gasteiger partial charge in [0.2, 0.25) is 5.95 Å². The second-order valence-electron chi connectivity index (χ2n) is 5.86. The third kappa shape index (κ3) is 4.02. The summed E-state index contributed by atoms with van der Waals surface area (Å²) in [7, 11) is 2.04. The topological polar surface area (TPSA) is 73.4 Å². The molecule has 2 N–H and O–H groups in total. The lowest BCUT2D eigenvalue weighted by atomic mass is 10.3. The van der Waals surface area contributed by atoms with Gasteiger partial charge < -0.3 is 20.4 Å². The Bertz CT molecular complexity index is 793. The maximum absolute atomic E-state index is 13.6. The van der Waals surface area contributed by atoms with Gasteiger partial charge in [0.15, 0.2) is 17.5 Å². The van der Waals surface area contributed by atoms with Crippen LogP contribution in [0.1, 0.15) is 0 Å². The number of nitrogens with zero attached hydrogens (tertiary/aromatic N) is 4. The van der Waals surface area contributed by atoms with Crippen molar-refractivity contribution in [2.75, 3.05) is 48.8 Å². The summed E-state index contributed by atoms with van der Waals surface area (Å²) >= 11 is 0. The van der Waals surface area contributed by atoms with Gasteiger partial charge in [-0.05, 0) is 19.2 Å². The molecular weight excluding hydrogens is 349 g/mol. The number of piperazine rings is 1. The Morgan fingerprint density at radius 1 is 1.00 bits per heavy atom. The number of carbonyl (C=O) groups excluding carboxylic acids is 1. The zero-order valence-corrected chi connectivity index (χ0v) is 14.0.